The number of likely N-dealkylation sites (N-methyl/N-ethyl adjacent to an activating group) is 1. The van der Waals surface area contributed by atoms with E-state index in [1.165, 1.54) is 16.9 Å². The minimum atomic E-state index is 0. The first kappa shape index (κ1) is 27.2. The number of benzene rings is 2. The number of ether oxygens (including phenoxy) is 2. The van der Waals surface area contributed by atoms with Gasteiger partial charge in [0, 0.05) is 18.0 Å². The van der Waals surface area contributed by atoms with E-state index < -0.39 is 0 Å². The van der Waals surface area contributed by atoms with Crippen LogP contribution in [0.4, 0.5) is 5.13 Å². The molecule has 3 rings (SSSR count). The molecule has 0 N–H and O–H groups in total. The standard InChI is InChI=1S/C24H31N3O3S2.ClH/c1-6-26(7-2)14-15-27(21(28)16-31-18-10-8-17(3)9-11-18)24-25-22-19(29-4)12-13-20(30-5)23(22)32-24;/h8-13H,6-7,14-16H2,1-5H3;1H. The predicted molar refractivity (Wildman–Crippen MR) is 142 cm³/mol. The SMILES string of the molecule is CCN(CC)CCN(C(=O)CSc1ccc(C)cc1)c1nc2c(OC)ccc(OC)c2s1.Cl. The summed E-state index contributed by atoms with van der Waals surface area (Å²) in [7, 11) is 3.27. The molecule has 6 nitrogen and oxygen atoms in total. The highest BCUT2D eigenvalue weighted by atomic mass is 35.5. The van der Waals surface area contributed by atoms with Gasteiger partial charge in [-0.05, 0) is 44.3 Å². The molecule has 0 aliphatic rings. The van der Waals surface area contributed by atoms with Crippen LogP contribution in [0.5, 0.6) is 11.5 Å². The van der Waals surface area contributed by atoms with Gasteiger partial charge in [0.1, 0.15) is 21.7 Å². The van der Waals surface area contributed by atoms with Crippen LogP contribution in [0.3, 0.4) is 0 Å². The Morgan fingerprint density at radius 1 is 1.00 bits per heavy atom. The summed E-state index contributed by atoms with van der Waals surface area (Å²) in [4.78, 5) is 23.3. The first-order valence-electron chi connectivity index (χ1n) is 10.7. The number of anilines is 1. The molecule has 1 heterocycles. The van der Waals surface area contributed by atoms with Gasteiger partial charge in [-0.25, -0.2) is 4.98 Å². The molecule has 0 saturated heterocycles. The number of hydrogen-bond acceptors (Lipinski definition) is 7. The molecule has 0 spiro atoms. The van der Waals surface area contributed by atoms with E-state index in [-0.39, 0.29) is 18.3 Å². The molecule has 0 aliphatic heterocycles. The third kappa shape index (κ3) is 6.76. The van der Waals surface area contributed by atoms with Crippen LogP contribution in [-0.4, -0.2) is 61.9 Å². The number of methoxy groups -OCH3 is 2. The zero-order valence-corrected chi connectivity index (χ0v) is 22.2. The van der Waals surface area contributed by atoms with E-state index in [4.69, 9.17) is 14.5 Å². The van der Waals surface area contributed by atoms with Crippen molar-refractivity contribution in [2.45, 2.75) is 25.7 Å². The highest BCUT2D eigenvalue weighted by Gasteiger charge is 2.23. The summed E-state index contributed by atoms with van der Waals surface area (Å²) in [6.07, 6.45) is 0. The van der Waals surface area contributed by atoms with Gasteiger partial charge in [0.05, 0.1) is 20.0 Å². The number of thioether (sulfide) groups is 1. The summed E-state index contributed by atoms with van der Waals surface area (Å²) in [6.45, 7) is 9.59. The van der Waals surface area contributed by atoms with Gasteiger partial charge in [0.2, 0.25) is 5.91 Å². The maximum atomic E-state index is 13.3. The van der Waals surface area contributed by atoms with Crippen molar-refractivity contribution in [2.75, 3.05) is 51.1 Å². The molecule has 0 unspecified atom stereocenters. The van der Waals surface area contributed by atoms with Crippen LogP contribution in [0.2, 0.25) is 0 Å². The number of halogens is 1. The van der Waals surface area contributed by atoms with Gasteiger partial charge in [-0.1, -0.05) is 42.9 Å². The lowest BCUT2D eigenvalue weighted by Crippen LogP contribution is -2.39. The highest BCUT2D eigenvalue weighted by molar-refractivity contribution is 8.00. The summed E-state index contributed by atoms with van der Waals surface area (Å²) < 4.78 is 11.9. The number of rotatable bonds is 11. The van der Waals surface area contributed by atoms with Gasteiger partial charge in [-0.2, -0.15) is 0 Å². The quantitative estimate of drug-likeness (QED) is 0.318. The molecule has 0 saturated carbocycles. The van der Waals surface area contributed by atoms with Crippen LogP contribution in [0.25, 0.3) is 10.2 Å². The van der Waals surface area contributed by atoms with Crippen molar-refractivity contribution in [1.82, 2.24) is 9.88 Å². The first-order chi connectivity index (χ1) is 15.5. The van der Waals surface area contributed by atoms with E-state index in [9.17, 15) is 4.79 Å². The van der Waals surface area contributed by atoms with Crippen molar-refractivity contribution in [2.24, 2.45) is 0 Å². The van der Waals surface area contributed by atoms with Gasteiger partial charge >= 0.3 is 0 Å². The lowest BCUT2D eigenvalue weighted by molar-refractivity contribution is -0.116. The van der Waals surface area contributed by atoms with Gasteiger partial charge in [-0.3, -0.25) is 9.69 Å². The van der Waals surface area contributed by atoms with Crippen LogP contribution in [0.1, 0.15) is 19.4 Å². The highest BCUT2D eigenvalue weighted by Crippen LogP contribution is 2.40. The van der Waals surface area contributed by atoms with E-state index in [0.717, 1.165) is 40.5 Å². The fourth-order valence-electron chi connectivity index (χ4n) is 3.36. The van der Waals surface area contributed by atoms with Crippen molar-refractivity contribution in [3.05, 3.63) is 42.0 Å². The Morgan fingerprint density at radius 2 is 1.64 bits per heavy atom. The zero-order valence-electron chi connectivity index (χ0n) is 19.8. The molecule has 0 bridgehead atoms. The van der Waals surface area contributed by atoms with Crippen molar-refractivity contribution >= 4 is 56.8 Å². The summed E-state index contributed by atoms with van der Waals surface area (Å²) in [5, 5.41) is 0.671. The third-order valence-corrected chi connectivity index (χ3v) is 7.44. The number of aromatic nitrogens is 1. The van der Waals surface area contributed by atoms with Crippen molar-refractivity contribution in [3.63, 3.8) is 0 Å². The number of amides is 1. The number of thiazole rings is 1. The monoisotopic (exact) mass is 509 g/mol. The normalized spacial score (nSPS) is 10.8. The Balaban J connectivity index is 0.00000385. The van der Waals surface area contributed by atoms with Crippen LogP contribution < -0.4 is 14.4 Å². The van der Waals surface area contributed by atoms with E-state index in [1.807, 2.05) is 17.0 Å². The first-order valence-corrected chi connectivity index (χ1v) is 12.5. The molecule has 9 heteroatoms. The van der Waals surface area contributed by atoms with Crippen molar-refractivity contribution in [3.8, 4) is 11.5 Å². The minimum Gasteiger partial charge on any atom is -0.495 e. The van der Waals surface area contributed by atoms with Gasteiger partial charge in [0.15, 0.2) is 5.13 Å². The number of carbonyl (C=O) groups excluding carboxylic acids is 1. The Bertz CT molecular complexity index is 998. The molecule has 180 valence electrons. The number of carbonyl (C=O) groups is 1. The second kappa shape index (κ2) is 13.0. The number of nitrogens with zero attached hydrogens (tertiary/aromatic N) is 3. The molecule has 1 amide bonds. The molecule has 0 aliphatic carbocycles. The van der Waals surface area contributed by atoms with Gasteiger partial charge < -0.3 is 14.4 Å². The van der Waals surface area contributed by atoms with Crippen LogP contribution in [-0.2, 0) is 4.79 Å². The zero-order chi connectivity index (χ0) is 23.1. The largest absolute Gasteiger partial charge is 0.495 e. The number of hydrogen-bond donors (Lipinski definition) is 0. The fraction of sp³-hybridized carbons (Fsp3) is 0.417. The summed E-state index contributed by atoms with van der Waals surface area (Å²) in [5.74, 6) is 1.80. The lowest BCUT2D eigenvalue weighted by atomic mass is 10.2. The lowest BCUT2D eigenvalue weighted by Gasteiger charge is -2.24. The van der Waals surface area contributed by atoms with E-state index in [0.29, 0.717) is 23.2 Å². The molecule has 3 aromatic rings. The summed E-state index contributed by atoms with van der Waals surface area (Å²) >= 11 is 3.02. The van der Waals surface area contributed by atoms with Crippen LogP contribution >= 0.6 is 35.5 Å². The van der Waals surface area contributed by atoms with Crippen molar-refractivity contribution < 1.29 is 14.3 Å². The third-order valence-electron chi connectivity index (χ3n) is 5.35. The Morgan fingerprint density at radius 3 is 2.24 bits per heavy atom. The minimum absolute atomic E-state index is 0. The Kier molecular flexibility index (Phi) is 10.8. The molecule has 0 radical (unpaired) electrons. The second-order valence-corrected chi connectivity index (χ2v) is 9.34. The smallest absolute Gasteiger partial charge is 0.239 e. The van der Waals surface area contributed by atoms with Crippen LogP contribution in [0, 0.1) is 6.92 Å². The Hall–Kier alpha value is -2.00. The summed E-state index contributed by atoms with van der Waals surface area (Å²) in [5.41, 5.74) is 1.93. The fourth-order valence-corrected chi connectivity index (χ4v) is 5.25. The molecular formula is C24H32ClN3O3S2. The van der Waals surface area contributed by atoms with Gasteiger partial charge in [-0.15, -0.1) is 24.2 Å². The molecule has 0 fully saturated rings. The van der Waals surface area contributed by atoms with E-state index in [1.54, 1.807) is 26.0 Å². The molecule has 33 heavy (non-hydrogen) atoms. The Labute approximate surface area is 210 Å². The second-order valence-electron chi connectivity index (χ2n) is 7.32. The maximum absolute atomic E-state index is 13.3. The van der Waals surface area contributed by atoms with Crippen LogP contribution in [0.15, 0.2) is 41.3 Å². The average Bonchev–Trinajstić information content (AvgIpc) is 3.26. The van der Waals surface area contributed by atoms with E-state index in [2.05, 4.69) is 49.9 Å². The average molecular weight is 510 g/mol. The number of fused-ring (bicyclic) bond motifs is 1. The van der Waals surface area contributed by atoms with E-state index >= 15 is 0 Å². The number of aryl methyl sites for hydroxylation is 1. The topological polar surface area (TPSA) is 54.9 Å². The molecular weight excluding hydrogens is 478 g/mol. The maximum Gasteiger partial charge on any atom is 0.239 e. The molecule has 1 aromatic heterocycles. The molecule has 2 aromatic carbocycles. The molecule has 0 atom stereocenters. The van der Waals surface area contributed by atoms with Gasteiger partial charge in [0.25, 0.3) is 0 Å². The predicted octanol–water partition coefficient (Wildman–Crippen LogP) is 5.51. The van der Waals surface area contributed by atoms with Crippen molar-refractivity contribution in [1.29, 1.82) is 0 Å². The summed E-state index contributed by atoms with van der Waals surface area (Å²) in [6, 6.07) is 12.0.